The Kier molecular flexibility index (Phi) is 5.56. The number of phenols is 1. The Morgan fingerprint density at radius 2 is 1.68 bits per heavy atom. The van der Waals surface area contributed by atoms with Crippen molar-refractivity contribution in [2.75, 3.05) is 41.3 Å². The fourth-order valence-electron chi connectivity index (χ4n) is 4.18. The van der Waals surface area contributed by atoms with Crippen LogP contribution in [0.2, 0.25) is 0 Å². The van der Waals surface area contributed by atoms with E-state index < -0.39 is 0 Å². The standard InChI is InChI=1S/C24H28N4O3/c1-27(2)12-10-14-20-17(6-5-7-19(20)29)25-22(14)16-8-9-18-21(23(16)30)15(24(31)26-18)11-13-28(3)4/h5-9,25,29H,10-13H2,1-4H3,(H,26,31). The van der Waals surface area contributed by atoms with E-state index in [-0.39, 0.29) is 17.4 Å². The number of carbonyl (C=O) groups excluding carboxylic acids is 2. The maximum atomic E-state index is 13.6. The highest BCUT2D eigenvalue weighted by Crippen LogP contribution is 2.38. The number of ketones is 1. The number of aromatic nitrogens is 1. The number of carbonyl (C=O) groups is 2. The van der Waals surface area contributed by atoms with Crippen molar-refractivity contribution in [3.05, 3.63) is 58.5 Å². The van der Waals surface area contributed by atoms with Crippen LogP contribution in [-0.4, -0.2) is 72.9 Å². The number of Topliss-reactive ketones (excluding diaryl/α,β-unsaturated/α-hetero) is 1. The number of fused-ring (bicyclic) bond motifs is 2. The van der Waals surface area contributed by atoms with E-state index in [0.29, 0.717) is 47.5 Å². The number of aromatic hydroxyl groups is 1. The predicted octanol–water partition coefficient (Wildman–Crippen LogP) is 2.21. The Hall–Kier alpha value is -3.16. The Labute approximate surface area is 181 Å². The Morgan fingerprint density at radius 3 is 2.39 bits per heavy atom. The van der Waals surface area contributed by atoms with Gasteiger partial charge in [-0.05, 0) is 70.9 Å². The molecular formula is C24H28N4O3. The lowest BCUT2D eigenvalue weighted by molar-refractivity contribution is -0.116. The molecule has 3 N–H and O–H groups in total. The van der Waals surface area contributed by atoms with Gasteiger partial charge in [0.15, 0.2) is 5.78 Å². The average molecular weight is 421 g/mol. The zero-order chi connectivity index (χ0) is 22.3. The van der Waals surface area contributed by atoms with Crippen molar-refractivity contribution in [1.29, 1.82) is 0 Å². The number of hydrogen-bond acceptors (Lipinski definition) is 5. The molecule has 1 aliphatic carbocycles. The Bertz CT molecular complexity index is 1160. The Morgan fingerprint density at radius 1 is 0.968 bits per heavy atom. The monoisotopic (exact) mass is 420 g/mol. The lowest BCUT2D eigenvalue weighted by atomic mass is 9.89. The molecule has 7 heteroatoms. The zero-order valence-corrected chi connectivity index (χ0v) is 18.4. The molecule has 1 aromatic carbocycles. The number of phenolic OH excluding ortho intramolecular Hbond substituents is 1. The molecule has 2 aromatic rings. The molecule has 1 aliphatic heterocycles. The number of likely N-dealkylation sites (N-methyl/N-ethyl adjacent to an activating group) is 1. The summed E-state index contributed by atoms with van der Waals surface area (Å²) in [6.07, 6.45) is 4.74. The minimum Gasteiger partial charge on any atom is -0.507 e. The van der Waals surface area contributed by atoms with Gasteiger partial charge in [0.25, 0.3) is 5.91 Å². The predicted molar refractivity (Wildman–Crippen MR) is 122 cm³/mol. The largest absolute Gasteiger partial charge is 0.507 e. The minimum atomic E-state index is -0.201. The maximum Gasteiger partial charge on any atom is 0.252 e. The van der Waals surface area contributed by atoms with E-state index in [9.17, 15) is 14.7 Å². The van der Waals surface area contributed by atoms with Crippen molar-refractivity contribution in [3.8, 4) is 5.75 Å². The van der Waals surface area contributed by atoms with Gasteiger partial charge in [0.2, 0.25) is 0 Å². The molecule has 0 bridgehead atoms. The molecule has 0 spiro atoms. The summed E-state index contributed by atoms with van der Waals surface area (Å²) in [5, 5.41) is 14.1. The summed E-state index contributed by atoms with van der Waals surface area (Å²) in [6.45, 7) is 1.45. The maximum absolute atomic E-state index is 13.6. The SMILES string of the molecule is CN(C)CCC1=C2C(=O)C(c3[nH]c4cccc(O)c4c3CCN(C)C)=CC=C2NC1=O. The number of amides is 1. The lowest BCUT2D eigenvalue weighted by Gasteiger charge is -2.16. The lowest BCUT2D eigenvalue weighted by Crippen LogP contribution is -2.20. The topological polar surface area (TPSA) is 88.7 Å². The molecule has 0 saturated carbocycles. The molecule has 2 heterocycles. The summed E-state index contributed by atoms with van der Waals surface area (Å²) in [4.78, 5) is 33.5. The fourth-order valence-corrected chi connectivity index (χ4v) is 4.18. The second-order valence-electron chi connectivity index (χ2n) is 8.58. The van der Waals surface area contributed by atoms with E-state index in [1.807, 2.05) is 39.2 Å². The molecule has 0 radical (unpaired) electrons. The zero-order valence-electron chi connectivity index (χ0n) is 18.4. The third-order valence-electron chi connectivity index (χ3n) is 5.77. The smallest absolute Gasteiger partial charge is 0.252 e. The number of benzene rings is 1. The number of H-pyrrole nitrogens is 1. The van der Waals surface area contributed by atoms with Gasteiger partial charge in [0.1, 0.15) is 5.75 Å². The van der Waals surface area contributed by atoms with Crippen molar-refractivity contribution < 1.29 is 14.7 Å². The third kappa shape index (κ3) is 3.82. The molecule has 1 aromatic heterocycles. The second kappa shape index (κ2) is 8.17. The van der Waals surface area contributed by atoms with E-state index in [4.69, 9.17) is 0 Å². The summed E-state index contributed by atoms with van der Waals surface area (Å²) >= 11 is 0. The summed E-state index contributed by atoms with van der Waals surface area (Å²) in [6, 6.07) is 5.34. The van der Waals surface area contributed by atoms with Crippen molar-refractivity contribution in [2.24, 2.45) is 0 Å². The molecule has 0 unspecified atom stereocenters. The number of nitrogens with one attached hydrogen (secondary N) is 2. The first-order valence-corrected chi connectivity index (χ1v) is 10.4. The highest BCUT2D eigenvalue weighted by Gasteiger charge is 2.36. The van der Waals surface area contributed by atoms with E-state index in [1.165, 1.54) is 0 Å². The van der Waals surface area contributed by atoms with Crippen LogP contribution in [0.5, 0.6) is 5.75 Å². The van der Waals surface area contributed by atoms with Gasteiger partial charge in [-0.3, -0.25) is 9.59 Å². The van der Waals surface area contributed by atoms with Crippen LogP contribution < -0.4 is 5.32 Å². The van der Waals surface area contributed by atoms with Crippen LogP contribution in [0.4, 0.5) is 0 Å². The first kappa shape index (κ1) is 21.1. The van der Waals surface area contributed by atoms with Crippen molar-refractivity contribution >= 4 is 28.2 Å². The molecule has 1 amide bonds. The number of hydrogen-bond donors (Lipinski definition) is 3. The van der Waals surface area contributed by atoms with Crippen molar-refractivity contribution in [3.63, 3.8) is 0 Å². The normalized spacial score (nSPS) is 16.3. The molecular weight excluding hydrogens is 392 g/mol. The molecule has 7 nitrogen and oxygen atoms in total. The number of rotatable bonds is 7. The van der Waals surface area contributed by atoms with Gasteiger partial charge in [-0.15, -0.1) is 0 Å². The van der Waals surface area contributed by atoms with Crippen LogP contribution in [0.1, 0.15) is 17.7 Å². The second-order valence-corrected chi connectivity index (χ2v) is 8.58. The first-order valence-electron chi connectivity index (χ1n) is 10.4. The molecule has 2 aliphatic rings. The highest BCUT2D eigenvalue weighted by atomic mass is 16.3. The van der Waals surface area contributed by atoms with Gasteiger partial charge in [-0.1, -0.05) is 6.07 Å². The van der Waals surface area contributed by atoms with E-state index in [2.05, 4.69) is 15.2 Å². The van der Waals surface area contributed by atoms with Gasteiger partial charge >= 0.3 is 0 Å². The van der Waals surface area contributed by atoms with Gasteiger partial charge in [0.05, 0.1) is 17.0 Å². The number of aromatic amines is 1. The van der Waals surface area contributed by atoms with E-state index in [0.717, 1.165) is 23.0 Å². The van der Waals surface area contributed by atoms with Gasteiger partial charge in [-0.25, -0.2) is 0 Å². The molecule has 0 atom stereocenters. The molecule has 162 valence electrons. The average Bonchev–Trinajstić information content (AvgIpc) is 3.23. The van der Waals surface area contributed by atoms with Crippen LogP contribution in [0, 0.1) is 0 Å². The third-order valence-corrected chi connectivity index (χ3v) is 5.77. The van der Waals surface area contributed by atoms with Crippen LogP contribution in [0.15, 0.2) is 47.2 Å². The quantitative estimate of drug-likeness (QED) is 0.639. The molecule has 4 rings (SSSR count). The minimum absolute atomic E-state index is 0.165. The summed E-state index contributed by atoms with van der Waals surface area (Å²) in [5.41, 5.74) is 4.48. The Balaban J connectivity index is 1.82. The summed E-state index contributed by atoms with van der Waals surface area (Å²) < 4.78 is 0. The first-order chi connectivity index (χ1) is 14.8. The number of nitrogens with zero attached hydrogens (tertiary/aromatic N) is 2. The summed E-state index contributed by atoms with van der Waals surface area (Å²) in [7, 11) is 7.87. The van der Waals surface area contributed by atoms with Crippen LogP contribution >= 0.6 is 0 Å². The van der Waals surface area contributed by atoms with Gasteiger partial charge in [-0.2, -0.15) is 0 Å². The van der Waals surface area contributed by atoms with Crippen LogP contribution in [0.25, 0.3) is 16.5 Å². The highest BCUT2D eigenvalue weighted by molar-refractivity contribution is 6.35. The molecule has 0 fully saturated rings. The van der Waals surface area contributed by atoms with Gasteiger partial charge < -0.3 is 25.2 Å². The van der Waals surface area contributed by atoms with E-state index >= 15 is 0 Å². The number of allylic oxidation sites excluding steroid dienone is 4. The fraction of sp³-hybridized carbons (Fsp3) is 0.333. The molecule has 0 saturated heterocycles. The van der Waals surface area contributed by atoms with Gasteiger partial charge in [0, 0.05) is 35.1 Å². The van der Waals surface area contributed by atoms with E-state index in [1.54, 1.807) is 24.3 Å². The van der Waals surface area contributed by atoms with Crippen LogP contribution in [-0.2, 0) is 16.0 Å². The summed E-state index contributed by atoms with van der Waals surface area (Å²) in [5.74, 6) is -0.174. The van der Waals surface area contributed by atoms with Crippen LogP contribution in [0.3, 0.4) is 0 Å². The van der Waals surface area contributed by atoms with Crippen molar-refractivity contribution in [2.45, 2.75) is 12.8 Å². The molecule has 31 heavy (non-hydrogen) atoms. The van der Waals surface area contributed by atoms with Crippen molar-refractivity contribution in [1.82, 2.24) is 20.1 Å².